The Balaban J connectivity index is 1.48. The molecule has 0 unspecified atom stereocenters. The van der Waals surface area contributed by atoms with Crippen LogP contribution in [0.4, 0.5) is 11.5 Å². The molecule has 0 amide bonds. The second-order valence-corrected chi connectivity index (χ2v) is 6.60. The molecule has 1 aromatic carbocycles. The number of pyridine rings is 1. The Bertz CT molecular complexity index is 1140. The monoisotopic (exact) mass is 361 g/mol. The van der Waals surface area contributed by atoms with E-state index >= 15 is 0 Å². The quantitative estimate of drug-likeness (QED) is 0.605. The number of rotatable bonds is 3. The van der Waals surface area contributed by atoms with E-state index in [1.54, 1.807) is 4.68 Å². The molecule has 0 radical (unpaired) electrons. The summed E-state index contributed by atoms with van der Waals surface area (Å²) >= 11 is 0. The lowest BCUT2D eigenvalue weighted by Gasteiger charge is -2.19. The number of hydrogen-bond donors (Lipinski definition) is 1. The van der Waals surface area contributed by atoms with Crippen molar-refractivity contribution >= 4 is 22.4 Å². The van der Waals surface area contributed by atoms with E-state index in [1.165, 1.54) is 0 Å². The van der Waals surface area contributed by atoms with Crippen molar-refractivity contribution in [2.24, 2.45) is 14.1 Å². The molecular formula is C20H19N5O2. The number of benzene rings is 1. The summed E-state index contributed by atoms with van der Waals surface area (Å²) in [4.78, 5) is 4.55. The molecule has 0 aliphatic carbocycles. The molecule has 4 heterocycles. The van der Waals surface area contributed by atoms with Gasteiger partial charge in [0, 0.05) is 55.3 Å². The van der Waals surface area contributed by atoms with E-state index in [0.29, 0.717) is 13.2 Å². The Labute approximate surface area is 156 Å². The number of ether oxygens (including phenoxy) is 2. The van der Waals surface area contributed by atoms with Gasteiger partial charge in [-0.1, -0.05) is 0 Å². The highest BCUT2D eigenvalue weighted by Crippen LogP contribution is 2.34. The van der Waals surface area contributed by atoms with E-state index in [4.69, 9.17) is 9.47 Å². The molecule has 3 aromatic heterocycles. The van der Waals surface area contributed by atoms with Gasteiger partial charge in [0.1, 0.15) is 19.0 Å². The number of anilines is 2. The van der Waals surface area contributed by atoms with E-state index in [9.17, 15) is 0 Å². The highest BCUT2D eigenvalue weighted by Gasteiger charge is 2.13. The van der Waals surface area contributed by atoms with E-state index < -0.39 is 0 Å². The standard InChI is InChI=1S/C20H19N5O2/c1-24-12-14(11-22-24)16-7-13-10-21-20(9-17(13)25(16)2)23-15-3-4-18-19(8-15)27-6-5-26-18/h3-4,7-12H,5-6H2,1-2H3,(H,21,23). The second-order valence-electron chi connectivity index (χ2n) is 6.60. The molecule has 0 fully saturated rings. The van der Waals surface area contributed by atoms with Crippen molar-refractivity contribution in [3.8, 4) is 22.8 Å². The van der Waals surface area contributed by atoms with Gasteiger partial charge in [-0.3, -0.25) is 4.68 Å². The van der Waals surface area contributed by atoms with Gasteiger partial charge >= 0.3 is 0 Å². The number of fused-ring (bicyclic) bond motifs is 2. The van der Waals surface area contributed by atoms with Crippen LogP contribution in [-0.2, 0) is 14.1 Å². The van der Waals surface area contributed by atoms with Crippen LogP contribution in [0.5, 0.6) is 11.5 Å². The van der Waals surface area contributed by atoms with E-state index in [1.807, 2.05) is 49.9 Å². The predicted octanol–water partition coefficient (Wildman–Crippen LogP) is 3.49. The van der Waals surface area contributed by atoms with Crippen LogP contribution >= 0.6 is 0 Å². The fourth-order valence-electron chi connectivity index (χ4n) is 3.40. The highest BCUT2D eigenvalue weighted by molar-refractivity contribution is 5.88. The van der Waals surface area contributed by atoms with Gasteiger partial charge in [-0.25, -0.2) is 4.98 Å². The molecule has 1 aliphatic heterocycles. The molecule has 0 saturated carbocycles. The van der Waals surface area contributed by atoms with E-state index in [2.05, 4.69) is 33.1 Å². The first-order valence-corrected chi connectivity index (χ1v) is 8.78. The number of aromatic nitrogens is 4. The molecule has 0 saturated heterocycles. The summed E-state index contributed by atoms with van der Waals surface area (Å²) in [6.45, 7) is 1.16. The van der Waals surface area contributed by atoms with E-state index in [0.717, 1.165) is 45.2 Å². The van der Waals surface area contributed by atoms with E-state index in [-0.39, 0.29) is 0 Å². The largest absolute Gasteiger partial charge is 0.486 e. The van der Waals surface area contributed by atoms with Gasteiger partial charge in [-0.15, -0.1) is 0 Å². The topological polar surface area (TPSA) is 66.1 Å². The third kappa shape index (κ3) is 2.77. The Morgan fingerprint density at radius 1 is 1.00 bits per heavy atom. The average Bonchev–Trinajstić information content (AvgIpc) is 3.25. The summed E-state index contributed by atoms with van der Waals surface area (Å²) < 4.78 is 15.2. The SMILES string of the molecule is Cn1cc(-c2cc3cnc(Nc4ccc5c(c4)OCCO5)cc3n2C)cn1. The fraction of sp³-hybridized carbons (Fsp3) is 0.200. The molecular weight excluding hydrogens is 342 g/mol. The summed E-state index contributed by atoms with van der Waals surface area (Å²) in [6.07, 6.45) is 5.77. The molecule has 5 rings (SSSR count). The first-order chi connectivity index (χ1) is 13.2. The van der Waals surface area contributed by atoms with Crippen molar-refractivity contribution in [2.45, 2.75) is 0 Å². The highest BCUT2D eigenvalue weighted by atomic mass is 16.6. The first-order valence-electron chi connectivity index (χ1n) is 8.78. The molecule has 4 aromatic rings. The minimum absolute atomic E-state index is 0.571. The molecule has 136 valence electrons. The maximum atomic E-state index is 5.65. The number of hydrogen-bond acceptors (Lipinski definition) is 5. The Morgan fingerprint density at radius 3 is 2.67 bits per heavy atom. The average molecular weight is 361 g/mol. The minimum atomic E-state index is 0.571. The van der Waals surface area contributed by atoms with Crippen LogP contribution < -0.4 is 14.8 Å². The molecule has 7 heteroatoms. The molecule has 1 aliphatic rings. The first kappa shape index (κ1) is 15.7. The molecule has 27 heavy (non-hydrogen) atoms. The van der Waals surface area contributed by atoms with Gasteiger partial charge in [0.2, 0.25) is 0 Å². The van der Waals surface area contributed by atoms with Crippen molar-refractivity contribution in [1.29, 1.82) is 0 Å². The van der Waals surface area contributed by atoms with Crippen LogP contribution in [-0.4, -0.2) is 32.5 Å². The Hall–Kier alpha value is -3.48. The molecule has 1 N–H and O–H groups in total. The maximum Gasteiger partial charge on any atom is 0.163 e. The third-order valence-electron chi connectivity index (χ3n) is 4.74. The number of aryl methyl sites for hydroxylation is 2. The fourth-order valence-corrected chi connectivity index (χ4v) is 3.40. The summed E-state index contributed by atoms with van der Waals surface area (Å²) in [5.74, 6) is 2.31. The van der Waals surface area contributed by atoms with Crippen LogP contribution in [0.3, 0.4) is 0 Å². The third-order valence-corrected chi connectivity index (χ3v) is 4.74. The van der Waals surface area contributed by atoms with Crippen LogP contribution in [0.25, 0.3) is 22.2 Å². The Kier molecular flexibility index (Phi) is 3.53. The van der Waals surface area contributed by atoms with Gasteiger partial charge in [0.15, 0.2) is 11.5 Å². The number of nitrogens with zero attached hydrogens (tertiary/aromatic N) is 4. The molecule has 0 atom stereocenters. The van der Waals surface area contributed by atoms with Gasteiger partial charge in [-0.2, -0.15) is 5.10 Å². The lowest BCUT2D eigenvalue weighted by atomic mass is 10.2. The molecule has 7 nitrogen and oxygen atoms in total. The summed E-state index contributed by atoms with van der Waals surface area (Å²) in [7, 11) is 3.97. The zero-order valence-corrected chi connectivity index (χ0v) is 15.1. The van der Waals surface area contributed by atoms with Crippen LogP contribution in [0.2, 0.25) is 0 Å². The van der Waals surface area contributed by atoms with Gasteiger partial charge in [-0.05, 0) is 18.2 Å². The van der Waals surface area contributed by atoms with Crippen molar-refractivity contribution in [3.05, 3.63) is 48.9 Å². The lowest BCUT2D eigenvalue weighted by molar-refractivity contribution is 0.171. The van der Waals surface area contributed by atoms with Gasteiger partial charge in [0.25, 0.3) is 0 Å². The van der Waals surface area contributed by atoms with Crippen molar-refractivity contribution in [1.82, 2.24) is 19.3 Å². The summed E-state index contributed by atoms with van der Waals surface area (Å²) in [6, 6.07) is 10.00. The normalized spacial score (nSPS) is 13.1. The van der Waals surface area contributed by atoms with Crippen molar-refractivity contribution in [3.63, 3.8) is 0 Å². The van der Waals surface area contributed by atoms with Crippen LogP contribution in [0, 0.1) is 0 Å². The predicted molar refractivity (Wildman–Crippen MR) is 104 cm³/mol. The van der Waals surface area contributed by atoms with Crippen molar-refractivity contribution in [2.75, 3.05) is 18.5 Å². The molecule has 0 bridgehead atoms. The summed E-state index contributed by atoms with van der Waals surface area (Å²) in [5, 5.41) is 8.70. The zero-order chi connectivity index (χ0) is 18.4. The lowest BCUT2D eigenvalue weighted by Crippen LogP contribution is -2.15. The Morgan fingerprint density at radius 2 is 1.85 bits per heavy atom. The van der Waals surface area contributed by atoms with Crippen LogP contribution in [0.15, 0.2) is 48.9 Å². The van der Waals surface area contributed by atoms with Gasteiger partial charge in [0.05, 0.1) is 17.4 Å². The minimum Gasteiger partial charge on any atom is -0.486 e. The summed E-state index contributed by atoms with van der Waals surface area (Å²) in [5.41, 5.74) is 4.20. The second kappa shape index (κ2) is 6.05. The maximum absolute atomic E-state index is 5.65. The zero-order valence-electron chi connectivity index (χ0n) is 15.1. The van der Waals surface area contributed by atoms with Crippen molar-refractivity contribution < 1.29 is 9.47 Å². The van der Waals surface area contributed by atoms with Crippen LogP contribution in [0.1, 0.15) is 0 Å². The molecule has 0 spiro atoms. The smallest absolute Gasteiger partial charge is 0.163 e. The van der Waals surface area contributed by atoms with Gasteiger partial charge < -0.3 is 19.4 Å². The number of nitrogens with one attached hydrogen (secondary N) is 1.